The van der Waals surface area contributed by atoms with E-state index < -0.39 is 0 Å². The average molecular weight is 443 g/mol. The highest BCUT2D eigenvalue weighted by atomic mass is 32.2. The second kappa shape index (κ2) is 20.4. The maximum Gasteiger partial charge on any atom is 0.0151 e. The molecule has 0 aliphatic heterocycles. The SMILES string of the molecule is C=C(C)CC.CCC(C)C.CCC(C)C.CCc1ccc(Sc2ccccc2C)cc1. The van der Waals surface area contributed by atoms with E-state index in [-0.39, 0.29) is 0 Å². The molecule has 0 amide bonds. The Balaban J connectivity index is 0. The third-order valence-electron chi connectivity index (χ3n) is 4.89. The molecule has 2 aromatic carbocycles. The van der Waals surface area contributed by atoms with Gasteiger partial charge in [0.25, 0.3) is 0 Å². The molecule has 0 aromatic heterocycles. The van der Waals surface area contributed by atoms with Crippen LogP contribution < -0.4 is 0 Å². The molecule has 176 valence electrons. The van der Waals surface area contributed by atoms with Gasteiger partial charge in [-0.25, -0.2) is 0 Å². The average Bonchev–Trinajstić information content (AvgIpc) is 2.77. The lowest BCUT2D eigenvalue weighted by Gasteiger charge is -2.05. The Morgan fingerprint density at radius 3 is 1.55 bits per heavy atom. The molecule has 0 nitrogen and oxygen atoms in total. The first-order valence-electron chi connectivity index (χ1n) is 12.1. The predicted octanol–water partition coefficient (Wildman–Crippen LogP) is 10.8. The van der Waals surface area contributed by atoms with Crippen LogP contribution in [0.5, 0.6) is 0 Å². The van der Waals surface area contributed by atoms with Gasteiger partial charge in [-0.15, -0.1) is 6.58 Å². The highest BCUT2D eigenvalue weighted by Gasteiger charge is 2.00. The van der Waals surface area contributed by atoms with E-state index in [9.17, 15) is 0 Å². The van der Waals surface area contributed by atoms with Crippen LogP contribution in [0.15, 0.2) is 70.5 Å². The third kappa shape index (κ3) is 20.2. The molecule has 0 spiro atoms. The topological polar surface area (TPSA) is 0 Å². The molecule has 0 radical (unpaired) electrons. The van der Waals surface area contributed by atoms with Crippen molar-refractivity contribution in [3.63, 3.8) is 0 Å². The molecule has 0 aliphatic rings. The molecule has 0 saturated carbocycles. The molecule has 0 bridgehead atoms. The van der Waals surface area contributed by atoms with Crippen molar-refractivity contribution in [3.8, 4) is 0 Å². The molecule has 1 heteroatoms. The van der Waals surface area contributed by atoms with Crippen molar-refractivity contribution in [2.75, 3.05) is 0 Å². The summed E-state index contributed by atoms with van der Waals surface area (Å²) >= 11 is 1.83. The van der Waals surface area contributed by atoms with Crippen LogP contribution in [0.2, 0.25) is 0 Å². The van der Waals surface area contributed by atoms with Crippen molar-refractivity contribution in [2.45, 2.75) is 105 Å². The zero-order valence-corrected chi connectivity index (χ0v) is 23.0. The van der Waals surface area contributed by atoms with Gasteiger partial charge in [-0.1, -0.05) is 116 Å². The zero-order valence-electron chi connectivity index (χ0n) is 22.2. The fourth-order valence-electron chi connectivity index (χ4n) is 1.59. The van der Waals surface area contributed by atoms with E-state index in [0.717, 1.165) is 24.7 Å². The minimum Gasteiger partial charge on any atom is -0.100 e. The molecule has 0 fully saturated rings. The molecule has 0 aliphatic carbocycles. The summed E-state index contributed by atoms with van der Waals surface area (Å²) in [5.74, 6) is 1.77. The number of hydrogen-bond donors (Lipinski definition) is 0. The molecule has 0 unspecified atom stereocenters. The van der Waals surface area contributed by atoms with E-state index in [1.165, 1.54) is 39.3 Å². The van der Waals surface area contributed by atoms with Gasteiger partial charge in [-0.2, -0.15) is 0 Å². The highest BCUT2D eigenvalue weighted by molar-refractivity contribution is 7.99. The van der Waals surface area contributed by atoms with Gasteiger partial charge in [0.05, 0.1) is 0 Å². The minimum absolute atomic E-state index is 0.884. The van der Waals surface area contributed by atoms with Gasteiger partial charge in [0.15, 0.2) is 0 Å². The Labute approximate surface area is 200 Å². The number of hydrogen-bond acceptors (Lipinski definition) is 1. The lowest BCUT2D eigenvalue weighted by atomic mass is 10.2. The summed E-state index contributed by atoms with van der Waals surface area (Å²) in [6.45, 7) is 25.4. The number of aryl methyl sites for hydroxylation is 2. The van der Waals surface area contributed by atoms with Crippen LogP contribution in [0.4, 0.5) is 0 Å². The van der Waals surface area contributed by atoms with Crippen LogP contribution >= 0.6 is 11.8 Å². The largest absolute Gasteiger partial charge is 0.100 e. The normalized spacial score (nSPS) is 9.68. The quantitative estimate of drug-likeness (QED) is 0.401. The number of benzene rings is 2. The van der Waals surface area contributed by atoms with Crippen LogP contribution in [0.1, 0.15) is 92.7 Å². The zero-order chi connectivity index (χ0) is 24.2. The fourth-order valence-corrected chi connectivity index (χ4v) is 2.49. The first-order valence-corrected chi connectivity index (χ1v) is 12.9. The molecule has 0 saturated heterocycles. The molecule has 31 heavy (non-hydrogen) atoms. The first-order chi connectivity index (χ1) is 14.6. The lowest BCUT2D eigenvalue weighted by Crippen LogP contribution is -1.81. The summed E-state index contributed by atoms with van der Waals surface area (Å²) in [5, 5.41) is 0. The van der Waals surface area contributed by atoms with Gasteiger partial charge in [0.2, 0.25) is 0 Å². The van der Waals surface area contributed by atoms with Crippen molar-refractivity contribution < 1.29 is 0 Å². The summed E-state index contributed by atoms with van der Waals surface area (Å²) in [6.07, 6.45) is 4.83. The van der Waals surface area contributed by atoms with E-state index in [2.05, 4.69) is 117 Å². The predicted molar refractivity (Wildman–Crippen MR) is 146 cm³/mol. The first kappa shape index (κ1) is 31.7. The smallest absolute Gasteiger partial charge is 0.0151 e. The summed E-state index contributed by atoms with van der Waals surface area (Å²) in [6, 6.07) is 17.3. The molecular formula is C30H50S. The standard InChI is InChI=1S/C15H16S.2C5H12.C5H10/c1-3-13-8-10-14(11-9-13)16-15-7-5-4-6-12(15)2;3*1-4-5(2)3/h4-11H,3H2,1-2H3;2*5H,4H2,1-3H3;2,4H2,1,3H3. The van der Waals surface area contributed by atoms with Crippen molar-refractivity contribution in [1.29, 1.82) is 0 Å². The van der Waals surface area contributed by atoms with Gasteiger partial charge < -0.3 is 0 Å². The van der Waals surface area contributed by atoms with Gasteiger partial charge in [-0.3, -0.25) is 0 Å². The molecule has 0 atom stereocenters. The maximum absolute atomic E-state index is 3.67. The van der Waals surface area contributed by atoms with Crippen molar-refractivity contribution in [1.82, 2.24) is 0 Å². The Kier molecular flexibility index (Phi) is 20.9. The van der Waals surface area contributed by atoms with Crippen LogP contribution in [0.3, 0.4) is 0 Å². The van der Waals surface area contributed by atoms with Gasteiger partial charge >= 0.3 is 0 Å². The van der Waals surface area contributed by atoms with E-state index in [1.54, 1.807) is 0 Å². The van der Waals surface area contributed by atoms with E-state index in [4.69, 9.17) is 0 Å². The summed E-state index contributed by atoms with van der Waals surface area (Å²) in [4.78, 5) is 2.65. The van der Waals surface area contributed by atoms with Gasteiger partial charge in [0.1, 0.15) is 0 Å². The van der Waals surface area contributed by atoms with Crippen molar-refractivity contribution in [2.24, 2.45) is 11.8 Å². The molecule has 2 rings (SSSR count). The van der Waals surface area contributed by atoms with Crippen LogP contribution in [0, 0.1) is 18.8 Å². The highest BCUT2D eigenvalue weighted by Crippen LogP contribution is 2.30. The van der Waals surface area contributed by atoms with Gasteiger partial charge in [0, 0.05) is 9.79 Å². The fraction of sp³-hybridized carbons (Fsp3) is 0.533. The molecule has 0 N–H and O–H groups in total. The monoisotopic (exact) mass is 442 g/mol. The Hall–Kier alpha value is -1.47. The van der Waals surface area contributed by atoms with E-state index in [0.29, 0.717) is 0 Å². The molecule has 2 aromatic rings. The maximum atomic E-state index is 3.67. The molecular weight excluding hydrogens is 392 g/mol. The van der Waals surface area contributed by atoms with Gasteiger partial charge in [-0.05, 0) is 67.9 Å². The summed E-state index contributed by atoms with van der Waals surface area (Å²) in [5.41, 5.74) is 3.99. The van der Waals surface area contributed by atoms with E-state index >= 15 is 0 Å². The number of rotatable bonds is 6. The lowest BCUT2D eigenvalue weighted by molar-refractivity contribution is 0.626. The van der Waals surface area contributed by atoms with Crippen molar-refractivity contribution >= 4 is 11.8 Å². The Bertz CT molecular complexity index is 657. The number of allylic oxidation sites excluding steroid dienone is 1. The van der Waals surface area contributed by atoms with Crippen LogP contribution in [0.25, 0.3) is 0 Å². The summed E-state index contributed by atoms with van der Waals surface area (Å²) < 4.78 is 0. The Morgan fingerprint density at radius 1 is 0.806 bits per heavy atom. The van der Waals surface area contributed by atoms with Crippen LogP contribution in [-0.4, -0.2) is 0 Å². The summed E-state index contributed by atoms with van der Waals surface area (Å²) in [7, 11) is 0. The Morgan fingerprint density at radius 2 is 1.23 bits per heavy atom. The van der Waals surface area contributed by atoms with E-state index in [1.807, 2.05) is 18.7 Å². The van der Waals surface area contributed by atoms with Crippen LogP contribution in [-0.2, 0) is 6.42 Å². The minimum atomic E-state index is 0.884. The second-order valence-electron chi connectivity index (χ2n) is 8.78. The third-order valence-corrected chi connectivity index (χ3v) is 6.08. The second-order valence-corrected chi connectivity index (χ2v) is 9.90. The van der Waals surface area contributed by atoms with Crippen molar-refractivity contribution in [3.05, 3.63) is 71.8 Å². The molecule has 0 heterocycles.